The minimum Gasteiger partial charge on any atom is -0.317 e. The molecule has 1 N–H and O–H groups in total. The van der Waals surface area contributed by atoms with Gasteiger partial charge in [-0.3, -0.25) is 4.98 Å². The van der Waals surface area contributed by atoms with Gasteiger partial charge in [-0.25, -0.2) is 0 Å². The summed E-state index contributed by atoms with van der Waals surface area (Å²) in [5.41, 5.74) is 1.53. The van der Waals surface area contributed by atoms with Gasteiger partial charge in [-0.05, 0) is 49.9 Å². The molecule has 0 radical (unpaired) electrons. The average molecular weight is 220 g/mol. The van der Waals surface area contributed by atoms with Crippen molar-refractivity contribution in [3.63, 3.8) is 0 Å². The lowest BCUT2D eigenvalue weighted by Gasteiger charge is -2.24. The summed E-state index contributed by atoms with van der Waals surface area (Å²) in [7, 11) is 0. The van der Waals surface area contributed by atoms with E-state index < -0.39 is 0 Å². The Morgan fingerprint density at radius 1 is 1.25 bits per heavy atom. The molecule has 0 fully saturated rings. The standard InChI is InChI=1S/C14H24N2/c1-4-9-15-11-8-14(2,3)12-13-7-5-6-10-16-13/h5-7,10,15H,4,8-9,11-12H2,1-3H3. The summed E-state index contributed by atoms with van der Waals surface area (Å²) in [6.45, 7) is 9.06. The van der Waals surface area contributed by atoms with E-state index in [0.717, 1.165) is 19.5 Å². The number of hydrogen-bond acceptors (Lipinski definition) is 2. The third kappa shape index (κ3) is 5.26. The van der Waals surface area contributed by atoms with Crippen LogP contribution >= 0.6 is 0 Å². The van der Waals surface area contributed by atoms with Crippen LogP contribution in [0, 0.1) is 5.41 Å². The fourth-order valence-electron chi connectivity index (χ4n) is 1.81. The topological polar surface area (TPSA) is 24.9 Å². The van der Waals surface area contributed by atoms with E-state index in [-0.39, 0.29) is 0 Å². The van der Waals surface area contributed by atoms with Gasteiger partial charge in [-0.15, -0.1) is 0 Å². The first kappa shape index (κ1) is 13.2. The predicted molar refractivity (Wildman–Crippen MR) is 69.5 cm³/mol. The number of nitrogens with one attached hydrogen (secondary N) is 1. The Morgan fingerprint density at radius 3 is 2.69 bits per heavy atom. The van der Waals surface area contributed by atoms with Crippen molar-refractivity contribution in [2.75, 3.05) is 13.1 Å². The molecule has 1 rings (SSSR count). The largest absolute Gasteiger partial charge is 0.317 e. The van der Waals surface area contributed by atoms with Gasteiger partial charge in [0.25, 0.3) is 0 Å². The van der Waals surface area contributed by atoms with Crippen LogP contribution in [-0.2, 0) is 6.42 Å². The molecule has 0 aliphatic carbocycles. The number of aromatic nitrogens is 1. The monoisotopic (exact) mass is 220 g/mol. The fraction of sp³-hybridized carbons (Fsp3) is 0.643. The molecule has 2 nitrogen and oxygen atoms in total. The van der Waals surface area contributed by atoms with Crippen molar-refractivity contribution in [2.24, 2.45) is 5.41 Å². The maximum absolute atomic E-state index is 4.39. The molecule has 1 heterocycles. The average Bonchev–Trinajstić information content (AvgIpc) is 2.25. The molecule has 0 aliphatic heterocycles. The normalized spacial score (nSPS) is 11.7. The molecule has 0 unspecified atom stereocenters. The minimum atomic E-state index is 0.328. The third-order valence-corrected chi connectivity index (χ3v) is 2.79. The van der Waals surface area contributed by atoms with Crippen LogP contribution in [0.3, 0.4) is 0 Å². The Morgan fingerprint density at radius 2 is 2.06 bits per heavy atom. The summed E-state index contributed by atoms with van der Waals surface area (Å²) < 4.78 is 0. The van der Waals surface area contributed by atoms with Crippen LogP contribution in [0.5, 0.6) is 0 Å². The molecule has 1 aromatic rings. The lowest BCUT2D eigenvalue weighted by molar-refractivity contribution is 0.322. The quantitative estimate of drug-likeness (QED) is 0.714. The van der Waals surface area contributed by atoms with Crippen LogP contribution in [0.4, 0.5) is 0 Å². The molecule has 0 atom stereocenters. The third-order valence-electron chi connectivity index (χ3n) is 2.79. The summed E-state index contributed by atoms with van der Waals surface area (Å²) in [5, 5.41) is 3.46. The van der Waals surface area contributed by atoms with Gasteiger partial charge in [0, 0.05) is 11.9 Å². The maximum atomic E-state index is 4.39. The van der Waals surface area contributed by atoms with E-state index >= 15 is 0 Å². The van der Waals surface area contributed by atoms with Crippen LogP contribution in [0.1, 0.15) is 39.3 Å². The van der Waals surface area contributed by atoms with Crippen LogP contribution in [-0.4, -0.2) is 18.1 Å². The molecule has 0 aromatic carbocycles. The molecular weight excluding hydrogens is 196 g/mol. The first-order valence-corrected chi connectivity index (χ1v) is 6.25. The first-order valence-electron chi connectivity index (χ1n) is 6.25. The van der Waals surface area contributed by atoms with Gasteiger partial charge < -0.3 is 5.32 Å². The SMILES string of the molecule is CCCNCCC(C)(C)Cc1ccccn1. The molecule has 1 aromatic heterocycles. The lowest BCUT2D eigenvalue weighted by atomic mass is 9.84. The van der Waals surface area contributed by atoms with Crippen molar-refractivity contribution in [1.82, 2.24) is 10.3 Å². The molecule has 0 saturated carbocycles. The van der Waals surface area contributed by atoms with Crippen LogP contribution in [0.2, 0.25) is 0 Å². The van der Waals surface area contributed by atoms with Crippen LogP contribution in [0.15, 0.2) is 24.4 Å². The Balaban J connectivity index is 2.33. The Kier molecular flexibility index (Phi) is 5.47. The van der Waals surface area contributed by atoms with Crippen molar-refractivity contribution in [3.8, 4) is 0 Å². The van der Waals surface area contributed by atoms with Crippen molar-refractivity contribution in [1.29, 1.82) is 0 Å². The molecule has 0 amide bonds. The molecule has 0 aliphatic rings. The second kappa shape index (κ2) is 6.64. The molecular formula is C14H24N2. The van der Waals surface area contributed by atoms with Gasteiger partial charge in [-0.1, -0.05) is 26.8 Å². The Labute approximate surface area is 99.5 Å². The van der Waals surface area contributed by atoms with Gasteiger partial charge in [0.05, 0.1) is 0 Å². The van der Waals surface area contributed by atoms with Gasteiger partial charge in [0.15, 0.2) is 0 Å². The Bertz CT molecular complexity index is 280. The molecule has 16 heavy (non-hydrogen) atoms. The van der Waals surface area contributed by atoms with Crippen molar-refractivity contribution in [3.05, 3.63) is 30.1 Å². The zero-order valence-corrected chi connectivity index (χ0v) is 10.8. The van der Waals surface area contributed by atoms with Gasteiger partial charge in [0.1, 0.15) is 0 Å². The lowest BCUT2D eigenvalue weighted by Crippen LogP contribution is -2.24. The number of pyridine rings is 1. The van der Waals surface area contributed by atoms with Gasteiger partial charge in [0.2, 0.25) is 0 Å². The van der Waals surface area contributed by atoms with Crippen LogP contribution in [0.25, 0.3) is 0 Å². The summed E-state index contributed by atoms with van der Waals surface area (Å²) in [4.78, 5) is 4.39. The van der Waals surface area contributed by atoms with E-state index in [4.69, 9.17) is 0 Å². The summed E-state index contributed by atoms with van der Waals surface area (Å²) >= 11 is 0. The smallest absolute Gasteiger partial charge is 0.0408 e. The molecule has 0 spiro atoms. The predicted octanol–water partition coefficient (Wildman–Crippen LogP) is 3.04. The van der Waals surface area contributed by atoms with E-state index in [0.29, 0.717) is 5.41 Å². The van der Waals surface area contributed by atoms with Gasteiger partial charge in [-0.2, -0.15) is 0 Å². The van der Waals surface area contributed by atoms with Crippen molar-refractivity contribution < 1.29 is 0 Å². The van der Waals surface area contributed by atoms with E-state index in [9.17, 15) is 0 Å². The highest BCUT2D eigenvalue weighted by Crippen LogP contribution is 2.24. The summed E-state index contributed by atoms with van der Waals surface area (Å²) in [6, 6.07) is 6.15. The van der Waals surface area contributed by atoms with Gasteiger partial charge >= 0.3 is 0 Å². The zero-order valence-electron chi connectivity index (χ0n) is 10.8. The van der Waals surface area contributed by atoms with E-state index in [2.05, 4.69) is 43.2 Å². The van der Waals surface area contributed by atoms with Crippen molar-refractivity contribution >= 4 is 0 Å². The van der Waals surface area contributed by atoms with Crippen molar-refractivity contribution in [2.45, 2.75) is 40.0 Å². The molecule has 2 heteroatoms. The fourth-order valence-corrected chi connectivity index (χ4v) is 1.81. The second-order valence-corrected chi connectivity index (χ2v) is 5.16. The highest BCUT2D eigenvalue weighted by molar-refractivity contribution is 5.05. The number of nitrogens with zero attached hydrogens (tertiary/aromatic N) is 1. The Hall–Kier alpha value is -0.890. The highest BCUT2D eigenvalue weighted by atomic mass is 14.8. The second-order valence-electron chi connectivity index (χ2n) is 5.16. The van der Waals surface area contributed by atoms with E-state index in [1.54, 1.807) is 0 Å². The van der Waals surface area contributed by atoms with E-state index in [1.165, 1.54) is 18.5 Å². The highest BCUT2D eigenvalue weighted by Gasteiger charge is 2.18. The number of hydrogen-bond donors (Lipinski definition) is 1. The zero-order chi connectivity index (χ0) is 11.9. The maximum Gasteiger partial charge on any atom is 0.0408 e. The summed E-state index contributed by atoms with van der Waals surface area (Å²) in [5.74, 6) is 0. The van der Waals surface area contributed by atoms with Crippen LogP contribution < -0.4 is 5.32 Å². The first-order chi connectivity index (χ1) is 7.64. The molecule has 0 bridgehead atoms. The molecule has 0 saturated heterocycles. The minimum absolute atomic E-state index is 0.328. The molecule has 90 valence electrons. The van der Waals surface area contributed by atoms with E-state index in [1.807, 2.05) is 12.3 Å². The number of rotatable bonds is 7. The summed E-state index contributed by atoms with van der Waals surface area (Å²) in [6.07, 6.45) is 5.34.